The molecule has 1 aliphatic heterocycles. The quantitative estimate of drug-likeness (QED) is 0.449. The van der Waals surface area contributed by atoms with E-state index in [0.29, 0.717) is 11.8 Å². The fraction of sp³-hybridized carbons (Fsp3) is 0.760. The molecule has 5 aliphatic rings. The van der Waals surface area contributed by atoms with Gasteiger partial charge in [-0.2, -0.15) is 14.4 Å². The van der Waals surface area contributed by atoms with Gasteiger partial charge in [-0.3, -0.25) is 9.36 Å². The van der Waals surface area contributed by atoms with Crippen LogP contribution in [0.2, 0.25) is 0 Å². The number of rotatable bonds is 7. The number of halogens is 1. The van der Waals surface area contributed by atoms with Crippen LogP contribution >= 0.6 is 0 Å². The molecule has 1 saturated heterocycles. The lowest BCUT2D eigenvalue weighted by Crippen LogP contribution is -2.46. The minimum atomic E-state index is -1.09. The number of nitrogens with zero attached hydrogens (tertiary/aromatic N) is 4. The van der Waals surface area contributed by atoms with E-state index in [1.54, 1.807) is 6.92 Å². The lowest BCUT2D eigenvalue weighted by atomic mass is 9.48. The number of hydrogen-bond donors (Lipinski definition) is 2. The van der Waals surface area contributed by atoms with Gasteiger partial charge in [0.15, 0.2) is 17.0 Å². The van der Waals surface area contributed by atoms with Crippen LogP contribution in [0.3, 0.4) is 0 Å². The van der Waals surface area contributed by atoms with E-state index in [2.05, 4.69) is 15.0 Å². The van der Waals surface area contributed by atoms with Crippen LogP contribution in [-0.2, 0) is 14.3 Å². The molecule has 0 spiro atoms. The molecule has 7 rings (SSSR count). The van der Waals surface area contributed by atoms with Crippen LogP contribution in [0.1, 0.15) is 77.4 Å². The Kier molecular flexibility index (Phi) is 5.52. The lowest BCUT2D eigenvalue weighted by Gasteiger charge is -2.57. The van der Waals surface area contributed by atoms with Crippen molar-refractivity contribution >= 4 is 23.0 Å². The topological polar surface area (TPSA) is 125 Å². The Hall–Kier alpha value is -2.33. The molecule has 0 amide bonds. The number of carbonyl (C=O) groups is 1. The molecule has 0 unspecified atom stereocenters. The van der Waals surface area contributed by atoms with Crippen LogP contribution in [0.15, 0.2) is 6.33 Å². The van der Waals surface area contributed by atoms with Gasteiger partial charge in [0.05, 0.1) is 12.4 Å². The number of nitrogen functional groups attached to an aromatic ring is 1. The highest BCUT2D eigenvalue weighted by Gasteiger charge is 2.50. The van der Waals surface area contributed by atoms with Crippen LogP contribution in [0.5, 0.6) is 0 Å². The second kappa shape index (κ2) is 8.37. The first-order chi connectivity index (χ1) is 16.7. The van der Waals surface area contributed by atoms with Crippen molar-refractivity contribution in [2.24, 2.45) is 23.2 Å². The third kappa shape index (κ3) is 4.18. The Labute approximate surface area is 203 Å². The third-order valence-electron chi connectivity index (χ3n) is 9.04. The summed E-state index contributed by atoms with van der Waals surface area (Å²) in [4.78, 5) is 24.0. The molecule has 2 aromatic heterocycles. The Bertz CT molecular complexity index is 1100. The molecule has 190 valence electrons. The van der Waals surface area contributed by atoms with Gasteiger partial charge in [0.25, 0.3) is 0 Å². The maximum Gasteiger partial charge on any atom is 0.312 e. The first kappa shape index (κ1) is 23.1. The molecular weight excluding hydrogens is 453 g/mol. The molecule has 0 aromatic carbocycles. The minimum Gasteiger partial charge on any atom is -0.462 e. The molecule has 35 heavy (non-hydrogen) atoms. The van der Waals surface area contributed by atoms with E-state index in [1.807, 2.05) is 0 Å². The minimum absolute atomic E-state index is 0.0566. The van der Waals surface area contributed by atoms with Gasteiger partial charge >= 0.3 is 12.0 Å². The van der Waals surface area contributed by atoms with Gasteiger partial charge in [-0.05, 0) is 81.5 Å². The number of ether oxygens (including phenoxy) is 2. The van der Waals surface area contributed by atoms with Crippen LogP contribution in [0.25, 0.3) is 11.2 Å². The molecule has 2 aromatic rings. The maximum atomic E-state index is 13.7. The van der Waals surface area contributed by atoms with Crippen molar-refractivity contribution in [2.45, 2.75) is 89.1 Å². The average Bonchev–Trinajstić information content (AvgIpc) is 3.32. The first-order valence-electron chi connectivity index (χ1n) is 12.9. The van der Waals surface area contributed by atoms with E-state index in [-0.39, 0.29) is 36.0 Å². The molecule has 4 aliphatic carbocycles. The van der Waals surface area contributed by atoms with Crippen LogP contribution in [0.4, 0.5) is 10.2 Å². The number of nitrogens with two attached hydrogens (primary N) is 1. The van der Waals surface area contributed by atoms with Crippen LogP contribution in [-0.4, -0.2) is 48.9 Å². The van der Waals surface area contributed by atoms with Gasteiger partial charge in [-0.15, -0.1) is 0 Å². The third-order valence-corrected chi connectivity index (χ3v) is 9.04. The van der Waals surface area contributed by atoms with Crippen molar-refractivity contribution in [3.63, 3.8) is 0 Å². The number of carbonyl (C=O) groups excluding carboxylic acids is 1. The number of aromatic nitrogens is 4. The van der Waals surface area contributed by atoms with Crippen molar-refractivity contribution in [3.05, 3.63) is 12.4 Å². The summed E-state index contributed by atoms with van der Waals surface area (Å²) in [5.74, 6) is 2.42. The Morgan fingerprint density at radius 1 is 1.23 bits per heavy atom. The normalized spacial score (nSPS) is 37.9. The fourth-order valence-electron chi connectivity index (χ4n) is 7.80. The van der Waals surface area contributed by atoms with Crippen molar-refractivity contribution in [2.75, 3.05) is 12.3 Å². The van der Waals surface area contributed by atoms with Crippen LogP contribution in [0, 0.1) is 29.2 Å². The summed E-state index contributed by atoms with van der Waals surface area (Å²) < 4.78 is 26.9. The zero-order valence-corrected chi connectivity index (χ0v) is 20.2. The number of aliphatic hydroxyl groups excluding tert-OH is 1. The maximum absolute atomic E-state index is 13.7. The number of imidazole rings is 1. The fourth-order valence-corrected chi connectivity index (χ4v) is 7.80. The van der Waals surface area contributed by atoms with Gasteiger partial charge < -0.3 is 20.3 Å². The summed E-state index contributed by atoms with van der Waals surface area (Å²) >= 11 is 0. The molecule has 3 heterocycles. The Balaban J connectivity index is 1.03. The van der Waals surface area contributed by atoms with Crippen LogP contribution < -0.4 is 5.73 Å². The van der Waals surface area contributed by atoms with Crippen molar-refractivity contribution in [3.8, 4) is 0 Å². The van der Waals surface area contributed by atoms with E-state index in [9.17, 15) is 14.3 Å². The second-order valence-corrected chi connectivity index (χ2v) is 11.8. The molecule has 5 fully saturated rings. The van der Waals surface area contributed by atoms with E-state index < -0.39 is 24.0 Å². The molecular formula is C25H34FN5O4. The summed E-state index contributed by atoms with van der Waals surface area (Å²) in [5.41, 5.74) is 5.57. The molecule has 0 radical (unpaired) electrons. The summed E-state index contributed by atoms with van der Waals surface area (Å²) in [7, 11) is 0. The smallest absolute Gasteiger partial charge is 0.312 e. The predicted molar refractivity (Wildman–Crippen MR) is 124 cm³/mol. The molecule has 4 bridgehead atoms. The average molecular weight is 488 g/mol. The van der Waals surface area contributed by atoms with Gasteiger partial charge in [-0.25, -0.2) is 4.98 Å². The summed E-state index contributed by atoms with van der Waals surface area (Å²) in [6.07, 6.45) is 9.82. The summed E-state index contributed by atoms with van der Waals surface area (Å²) in [6, 6.07) is 0. The zero-order chi connectivity index (χ0) is 24.4. The van der Waals surface area contributed by atoms with Gasteiger partial charge in [0, 0.05) is 12.8 Å². The van der Waals surface area contributed by atoms with E-state index in [0.717, 1.165) is 30.6 Å². The molecule has 10 heteroatoms. The highest BCUT2D eigenvalue weighted by atomic mass is 19.1. The molecule has 9 nitrogen and oxygen atoms in total. The van der Waals surface area contributed by atoms with E-state index in [1.165, 1.54) is 49.4 Å². The second-order valence-electron chi connectivity index (χ2n) is 11.8. The SMILES string of the molecule is C[C@]1(COC(=O)CCCC23CC4CC(CC(C4)C2)C3)O[C@@H](n2cnc3c(N)nc(F)nc32)C[C@@H]1O. The number of hydrogen-bond acceptors (Lipinski definition) is 8. The highest BCUT2D eigenvalue weighted by molar-refractivity contribution is 5.81. The standard InChI is InChI=1S/C25H34FN5O4/c1-24(17(32)8-18(35-24)31-13-28-20-21(27)29-23(26)30-22(20)31)12-34-19(33)3-2-4-25-9-14-5-15(10-25)7-16(6-14)11-25/h13-18,32H,2-12H2,1H3,(H2,27,29,30)/t14?,15?,16?,17-,18+,24+,25?/m0/s1. The first-order valence-corrected chi connectivity index (χ1v) is 12.9. The van der Waals surface area contributed by atoms with Crippen molar-refractivity contribution in [1.29, 1.82) is 0 Å². The van der Waals surface area contributed by atoms with Crippen molar-refractivity contribution in [1.82, 2.24) is 19.5 Å². The monoisotopic (exact) mass is 487 g/mol. The predicted octanol–water partition coefficient (Wildman–Crippen LogP) is 3.52. The Morgan fingerprint density at radius 3 is 2.60 bits per heavy atom. The summed E-state index contributed by atoms with van der Waals surface area (Å²) in [5, 5.41) is 10.7. The number of fused-ring (bicyclic) bond motifs is 1. The van der Waals surface area contributed by atoms with Crippen molar-refractivity contribution < 1.29 is 23.8 Å². The lowest BCUT2D eigenvalue weighted by molar-refractivity contribution is -0.162. The molecule has 3 atom stereocenters. The molecule has 3 N–H and O–H groups in total. The number of esters is 1. The Morgan fingerprint density at radius 2 is 1.91 bits per heavy atom. The van der Waals surface area contributed by atoms with Gasteiger partial charge in [0.1, 0.15) is 18.4 Å². The molecule has 4 saturated carbocycles. The number of anilines is 1. The van der Waals surface area contributed by atoms with Gasteiger partial charge in [-0.1, -0.05) is 0 Å². The highest BCUT2D eigenvalue weighted by Crippen LogP contribution is 2.61. The largest absolute Gasteiger partial charge is 0.462 e. The number of aliphatic hydroxyl groups is 1. The van der Waals surface area contributed by atoms with E-state index in [4.69, 9.17) is 15.2 Å². The summed E-state index contributed by atoms with van der Waals surface area (Å²) in [6.45, 7) is 1.66. The van der Waals surface area contributed by atoms with Gasteiger partial charge in [0.2, 0.25) is 0 Å². The van der Waals surface area contributed by atoms with E-state index >= 15 is 0 Å². The zero-order valence-electron chi connectivity index (χ0n) is 20.2.